The number of benzene rings is 2. The summed E-state index contributed by atoms with van der Waals surface area (Å²) in [6.45, 7) is 0.467. The summed E-state index contributed by atoms with van der Waals surface area (Å²) in [5.74, 6) is -0.0952. The van der Waals surface area contributed by atoms with Crippen molar-refractivity contribution >= 4 is 16.2 Å². The first-order valence-corrected chi connectivity index (χ1v) is 8.44. The molecule has 0 amide bonds. The maximum absolute atomic E-state index is 12.3. The third-order valence-electron chi connectivity index (χ3n) is 3.14. The van der Waals surface area contributed by atoms with E-state index in [-0.39, 0.29) is 16.2 Å². The van der Waals surface area contributed by atoms with Gasteiger partial charge in [-0.2, -0.15) is 22.3 Å². The lowest BCUT2D eigenvalue weighted by atomic mass is 10.2. The van der Waals surface area contributed by atoms with Gasteiger partial charge in [0.25, 0.3) is 10.0 Å². The molecule has 0 atom stereocenters. The molecule has 0 aliphatic carbocycles. The van der Waals surface area contributed by atoms with Gasteiger partial charge in [-0.25, -0.2) is 4.83 Å². The van der Waals surface area contributed by atoms with Gasteiger partial charge in [-0.15, -0.1) is 0 Å². The van der Waals surface area contributed by atoms with Crippen molar-refractivity contribution in [1.82, 2.24) is 4.83 Å². The Morgan fingerprint density at radius 3 is 2.58 bits per heavy atom. The quantitative estimate of drug-likeness (QED) is 0.640. The van der Waals surface area contributed by atoms with Crippen LogP contribution < -0.4 is 9.57 Å². The van der Waals surface area contributed by atoms with E-state index >= 15 is 0 Å². The van der Waals surface area contributed by atoms with Crippen molar-refractivity contribution < 1.29 is 21.9 Å². The number of halogens is 2. The van der Waals surface area contributed by atoms with Crippen molar-refractivity contribution in [3.8, 4) is 5.75 Å². The Hall–Kier alpha value is -2.48. The molecule has 0 aliphatic heterocycles. The summed E-state index contributed by atoms with van der Waals surface area (Å²) in [4.78, 5) is 2.18. The molecule has 2 aromatic rings. The van der Waals surface area contributed by atoms with Crippen molar-refractivity contribution in [2.24, 2.45) is 5.10 Å². The zero-order valence-electron chi connectivity index (χ0n) is 13.0. The van der Waals surface area contributed by atoms with Gasteiger partial charge in [0.05, 0.1) is 11.1 Å². The molecule has 0 fully saturated rings. The number of hydrazone groups is 1. The van der Waals surface area contributed by atoms with E-state index in [2.05, 4.69) is 14.7 Å². The van der Waals surface area contributed by atoms with Gasteiger partial charge in [0.2, 0.25) is 0 Å². The van der Waals surface area contributed by atoms with Crippen LogP contribution in [0, 0.1) is 13.8 Å². The van der Waals surface area contributed by atoms with Crippen LogP contribution >= 0.6 is 0 Å². The number of hydrogen-bond acceptors (Lipinski definition) is 4. The standard InChI is InChI=1S/C16H16F2N2O3S/c1-11-7-8-12(2)15(9-11)24(21,22)20-19-10-13-5-3-4-6-14(13)23-16(17)18/h3-10,16,20H,1-2H3/b19-10+. The van der Waals surface area contributed by atoms with Crippen LogP contribution in [-0.4, -0.2) is 21.2 Å². The summed E-state index contributed by atoms with van der Waals surface area (Å²) in [6.07, 6.45) is 1.11. The molecule has 2 rings (SSSR count). The molecule has 0 heterocycles. The number of sulfonamides is 1. The third-order valence-corrected chi connectivity index (χ3v) is 4.51. The van der Waals surface area contributed by atoms with Crippen LogP contribution in [0.3, 0.4) is 0 Å². The van der Waals surface area contributed by atoms with Gasteiger partial charge in [0, 0.05) is 5.56 Å². The Bertz CT molecular complexity index is 852. The number of nitrogens with one attached hydrogen (secondary N) is 1. The van der Waals surface area contributed by atoms with E-state index in [9.17, 15) is 17.2 Å². The van der Waals surface area contributed by atoms with Crippen LogP contribution in [0.4, 0.5) is 8.78 Å². The molecular weight excluding hydrogens is 338 g/mol. The summed E-state index contributed by atoms with van der Waals surface area (Å²) in [5.41, 5.74) is 1.59. The van der Waals surface area contributed by atoms with Crippen LogP contribution in [0.1, 0.15) is 16.7 Å². The van der Waals surface area contributed by atoms with Crippen LogP contribution in [-0.2, 0) is 10.0 Å². The second-order valence-corrected chi connectivity index (χ2v) is 6.67. The zero-order valence-corrected chi connectivity index (χ0v) is 13.8. The molecule has 0 saturated heterocycles. The van der Waals surface area contributed by atoms with E-state index in [0.29, 0.717) is 5.56 Å². The Morgan fingerprint density at radius 2 is 1.88 bits per heavy atom. The fourth-order valence-electron chi connectivity index (χ4n) is 2.00. The zero-order chi connectivity index (χ0) is 17.7. The van der Waals surface area contributed by atoms with Gasteiger partial charge in [0.15, 0.2) is 0 Å². The van der Waals surface area contributed by atoms with Gasteiger partial charge in [-0.1, -0.05) is 24.3 Å². The van der Waals surface area contributed by atoms with Crippen molar-refractivity contribution in [3.63, 3.8) is 0 Å². The summed E-state index contributed by atoms with van der Waals surface area (Å²) in [6, 6.07) is 11.0. The minimum atomic E-state index is -3.86. The number of ether oxygens (including phenoxy) is 1. The predicted octanol–water partition coefficient (Wildman–Crippen LogP) is 3.22. The molecule has 0 aromatic heterocycles. The molecule has 2 aromatic carbocycles. The van der Waals surface area contributed by atoms with Crippen molar-refractivity contribution in [2.75, 3.05) is 0 Å². The molecule has 0 aliphatic rings. The number of para-hydroxylation sites is 1. The van der Waals surface area contributed by atoms with Crippen molar-refractivity contribution in [2.45, 2.75) is 25.4 Å². The highest BCUT2D eigenvalue weighted by Crippen LogP contribution is 2.19. The summed E-state index contributed by atoms with van der Waals surface area (Å²) in [5, 5.41) is 3.64. The van der Waals surface area contributed by atoms with Gasteiger partial charge in [0.1, 0.15) is 5.75 Å². The molecule has 0 unspecified atom stereocenters. The van der Waals surface area contributed by atoms with E-state index in [1.165, 1.54) is 24.3 Å². The average molecular weight is 354 g/mol. The maximum atomic E-state index is 12.3. The van der Waals surface area contributed by atoms with Crippen molar-refractivity contribution in [3.05, 3.63) is 59.2 Å². The highest BCUT2D eigenvalue weighted by atomic mass is 32.2. The smallest absolute Gasteiger partial charge is 0.387 e. The summed E-state index contributed by atoms with van der Waals surface area (Å²) >= 11 is 0. The van der Waals surface area contributed by atoms with Gasteiger partial charge in [-0.3, -0.25) is 0 Å². The largest absolute Gasteiger partial charge is 0.434 e. The highest BCUT2D eigenvalue weighted by Gasteiger charge is 2.16. The highest BCUT2D eigenvalue weighted by molar-refractivity contribution is 7.89. The van der Waals surface area contributed by atoms with E-state index in [0.717, 1.165) is 11.8 Å². The molecule has 5 nitrogen and oxygen atoms in total. The summed E-state index contributed by atoms with van der Waals surface area (Å²) < 4.78 is 53.6. The second-order valence-electron chi connectivity index (χ2n) is 5.04. The molecule has 1 N–H and O–H groups in total. The number of hydrogen-bond donors (Lipinski definition) is 1. The Labute approximate surface area is 139 Å². The molecule has 24 heavy (non-hydrogen) atoms. The normalized spacial score (nSPS) is 11.9. The average Bonchev–Trinajstić information content (AvgIpc) is 2.50. The number of nitrogens with zero attached hydrogens (tertiary/aromatic N) is 1. The first-order chi connectivity index (χ1) is 11.3. The van der Waals surface area contributed by atoms with E-state index in [4.69, 9.17) is 0 Å². The number of aryl methyl sites for hydroxylation is 2. The fourth-order valence-corrected chi connectivity index (χ4v) is 3.12. The lowest BCUT2D eigenvalue weighted by Crippen LogP contribution is -2.19. The Balaban J connectivity index is 2.21. The minimum Gasteiger partial charge on any atom is -0.434 e. The van der Waals surface area contributed by atoms with Gasteiger partial charge in [-0.05, 0) is 43.2 Å². The number of alkyl halides is 2. The van der Waals surface area contributed by atoms with E-state index < -0.39 is 16.6 Å². The molecule has 8 heteroatoms. The molecular formula is C16H16F2N2O3S. The lowest BCUT2D eigenvalue weighted by Gasteiger charge is -2.09. The molecule has 0 bridgehead atoms. The Kier molecular flexibility index (Phi) is 5.50. The molecule has 128 valence electrons. The van der Waals surface area contributed by atoms with Crippen LogP contribution in [0.5, 0.6) is 5.75 Å². The van der Waals surface area contributed by atoms with E-state index in [1.807, 2.05) is 0 Å². The monoisotopic (exact) mass is 354 g/mol. The molecule has 0 saturated carbocycles. The molecule has 0 spiro atoms. The maximum Gasteiger partial charge on any atom is 0.387 e. The van der Waals surface area contributed by atoms with Crippen LogP contribution in [0.2, 0.25) is 0 Å². The predicted molar refractivity (Wildman–Crippen MR) is 86.9 cm³/mol. The first-order valence-electron chi connectivity index (χ1n) is 6.95. The topological polar surface area (TPSA) is 67.8 Å². The SMILES string of the molecule is Cc1ccc(C)c(S(=O)(=O)N/N=C/c2ccccc2OC(F)F)c1. The Morgan fingerprint density at radius 1 is 1.17 bits per heavy atom. The summed E-state index contributed by atoms with van der Waals surface area (Å²) in [7, 11) is -3.86. The van der Waals surface area contributed by atoms with E-state index in [1.54, 1.807) is 32.0 Å². The number of rotatable bonds is 6. The second kappa shape index (κ2) is 7.39. The lowest BCUT2D eigenvalue weighted by molar-refractivity contribution is -0.0499. The fraction of sp³-hybridized carbons (Fsp3) is 0.188. The van der Waals surface area contributed by atoms with Crippen LogP contribution in [0.25, 0.3) is 0 Å². The first kappa shape index (κ1) is 17.9. The van der Waals surface area contributed by atoms with Crippen molar-refractivity contribution in [1.29, 1.82) is 0 Å². The van der Waals surface area contributed by atoms with Crippen LogP contribution in [0.15, 0.2) is 52.5 Å². The minimum absolute atomic E-state index is 0.0952. The van der Waals surface area contributed by atoms with Gasteiger partial charge >= 0.3 is 6.61 Å². The molecule has 0 radical (unpaired) electrons. The third kappa shape index (κ3) is 4.51. The van der Waals surface area contributed by atoms with Gasteiger partial charge < -0.3 is 4.74 Å².